The first-order valence-corrected chi connectivity index (χ1v) is 5.53. The van der Waals surface area contributed by atoms with Gasteiger partial charge in [-0.25, -0.2) is 0 Å². The SMILES string of the molecule is COCCONCc1ncc(C)c(OC)c1C. The first-order chi connectivity index (χ1) is 8.20. The first kappa shape index (κ1) is 13.9. The minimum absolute atomic E-state index is 0.512. The second-order valence-corrected chi connectivity index (χ2v) is 3.71. The summed E-state index contributed by atoms with van der Waals surface area (Å²) >= 11 is 0. The van der Waals surface area contributed by atoms with E-state index in [1.54, 1.807) is 20.4 Å². The number of hydrogen-bond donors (Lipinski definition) is 1. The molecule has 1 rings (SSSR count). The van der Waals surface area contributed by atoms with E-state index in [1.165, 1.54) is 0 Å². The molecule has 0 aromatic carbocycles. The maximum absolute atomic E-state index is 5.33. The largest absolute Gasteiger partial charge is 0.496 e. The van der Waals surface area contributed by atoms with Gasteiger partial charge in [-0.3, -0.25) is 9.82 Å². The smallest absolute Gasteiger partial charge is 0.128 e. The molecule has 5 heteroatoms. The fourth-order valence-electron chi connectivity index (χ4n) is 1.57. The average Bonchev–Trinajstić information content (AvgIpc) is 2.32. The molecule has 0 saturated carbocycles. The Morgan fingerprint density at radius 3 is 2.65 bits per heavy atom. The molecule has 0 bridgehead atoms. The summed E-state index contributed by atoms with van der Waals surface area (Å²) in [5, 5.41) is 0. The molecule has 96 valence electrons. The van der Waals surface area contributed by atoms with Crippen molar-refractivity contribution >= 4 is 0 Å². The van der Waals surface area contributed by atoms with Crippen molar-refractivity contribution in [1.29, 1.82) is 0 Å². The molecule has 1 N–H and O–H groups in total. The molecular formula is C12H20N2O3. The van der Waals surface area contributed by atoms with Crippen molar-refractivity contribution in [2.45, 2.75) is 20.4 Å². The number of hydrogen-bond acceptors (Lipinski definition) is 5. The van der Waals surface area contributed by atoms with E-state index in [4.69, 9.17) is 14.3 Å². The fraction of sp³-hybridized carbons (Fsp3) is 0.583. The number of hydroxylamine groups is 1. The van der Waals surface area contributed by atoms with Crippen LogP contribution in [0.3, 0.4) is 0 Å². The van der Waals surface area contributed by atoms with Gasteiger partial charge in [-0.05, 0) is 13.8 Å². The Morgan fingerprint density at radius 1 is 1.24 bits per heavy atom. The third-order valence-corrected chi connectivity index (χ3v) is 2.48. The molecule has 17 heavy (non-hydrogen) atoms. The molecule has 0 saturated heterocycles. The zero-order chi connectivity index (χ0) is 12.7. The van der Waals surface area contributed by atoms with Gasteiger partial charge < -0.3 is 9.47 Å². The lowest BCUT2D eigenvalue weighted by Gasteiger charge is -2.12. The Morgan fingerprint density at radius 2 is 2.00 bits per heavy atom. The first-order valence-electron chi connectivity index (χ1n) is 5.53. The van der Waals surface area contributed by atoms with Gasteiger partial charge in [0.15, 0.2) is 0 Å². The highest BCUT2D eigenvalue weighted by atomic mass is 16.7. The third kappa shape index (κ3) is 3.96. The van der Waals surface area contributed by atoms with Gasteiger partial charge in [-0.2, -0.15) is 5.48 Å². The van der Waals surface area contributed by atoms with Crippen LogP contribution in [0.4, 0.5) is 0 Å². The molecule has 1 aromatic rings. The Balaban J connectivity index is 2.54. The van der Waals surface area contributed by atoms with E-state index in [9.17, 15) is 0 Å². The number of aromatic nitrogens is 1. The number of aryl methyl sites for hydroxylation is 1. The van der Waals surface area contributed by atoms with Crippen LogP contribution >= 0.6 is 0 Å². The quantitative estimate of drug-likeness (QED) is 0.576. The van der Waals surface area contributed by atoms with Crippen molar-refractivity contribution in [1.82, 2.24) is 10.5 Å². The van der Waals surface area contributed by atoms with E-state index >= 15 is 0 Å². The summed E-state index contributed by atoms with van der Waals surface area (Å²) in [5.41, 5.74) is 5.84. The highest BCUT2D eigenvalue weighted by Crippen LogP contribution is 2.23. The maximum atomic E-state index is 5.33. The van der Waals surface area contributed by atoms with Crippen molar-refractivity contribution in [2.75, 3.05) is 27.4 Å². The fourth-order valence-corrected chi connectivity index (χ4v) is 1.57. The molecule has 0 amide bonds. The molecule has 0 radical (unpaired) electrons. The third-order valence-electron chi connectivity index (χ3n) is 2.48. The lowest BCUT2D eigenvalue weighted by molar-refractivity contribution is 0.00288. The predicted molar refractivity (Wildman–Crippen MR) is 64.9 cm³/mol. The zero-order valence-corrected chi connectivity index (χ0v) is 10.9. The van der Waals surface area contributed by atoms with Crippen molar-refractivity contribution < 1.29 is 14.3 Å². The van der Waals surface area contributed by atoms with Crippen LogP contribution in [0.25, 0.3) is 0 Å². The summed E-state index contributed by atoms with van der Waals surface area (Å²) in [5.74, 6) is 0.883. The molecule has 1 heterocycles. The van der Waals surface area contributed by atoms with Crippen LogP contribution in [-0.4, -0.2) is 32.4 Å². The lowest BCUT2D eigenvalue weighted by Crippen LogP contribution is -2.18. The number of nitrogens with zero attached hydrogens (tertiary/aromatic N) is 1. The molecule has 0 aliphatic heterocycles. The summed E-state index contributed by atoms with van der Waals surface area (Å²) < 4.78 is 10.2. The summed E-state index contributed by atoms with van der Waals surface area (Å²) in [6.45, 7) is 5.59. The number of methoxy groups -OCH3 is 2. The topological polar surface area (TPSA) is 52.6 Å². The van der Waals surface area contributed by atoms with Crippen LogP contribution in [0.2, 0.25) is 0 Å². The highest BCUT2D eigenvalue weighted by Gasteiger charge is 2.08. The van der Waals surface area contributed by atoms with Gasteiger partial charge in [0.05, 0.1) is 32.6 Å². The minimum Gasteiger partial charge on any atom is -0.496 e. The lowest BCUT2D eigenvalue weighted by atomic mass is 10.1. The van der Waals surface area contributed by atoms with Gasteiger partial charge in [-0.15, -0.1) is 0 Å². The van der Waals surface area contributed by atoms with Crippen LogP contribution in [0.5, 0.6) is 5.75 Å². The van der Waals surface area contributed by atoms with E-state index in [0.29, 0.717) is 19.8 Å². The second kappa shape index (κ2) is 7.21. The molecule has 0 aliphatic carbocycles. The van der Waals surface area contributed by atoms with Gasteiger partial charge >= 0.3 is 0 Å². The van der Waals surface area contributed by atoms with Crippen molar-refractivity contribution in [3.05, 3.63) is 23.0 Å². The van der Waals surface area contributed by atoms with Crippen LogP contribution in [0, 0.1) is 13.8 Å². The Kier molecular flexibility index (Phi) is 5.90. The number of pyridine rings is 1. The Hall–Kier alpha value is -1.17. The zero-order valence-electron chi connectivity index (χ0n) is 10.9. The average molecular weight is 240 g/mol. The van der Waals surface area contributed by atoms with Crippen molar-refractivity contribution in [3.8, 4) is 5.75 Å². The van der Waals surface area contributed by atoms with Gasteiger partial charge in [0.25, 0.3) is 0 Å². The normalized spacial score (nSPS) is 10.6. The van der Waals surface area contributed by atoms with Crippen molar-refractivity contribution in [3.63, 3.8) is 0 Å². The van der Waals surface area contributed by atoms with E-state index in [2.05, 4.69) is 10.5 Å². The van der Waals surface area contributed by atoms with Gasteiger partial charge in [-0.1, -0.05) is 0 Å². The minimum atomic E-state index is 0.512. The number of ether oxygens (including phenoxy) is 2. The maximum Gasteiger partial charge on any atom is 0.128 e. The molecule has 0 unspecified atom stereocenters. The molecule has 1 aromatic heterocycles. The van der Waals surface area contributed by atoms with Crippen LogP contribution < -0.4 is 10.2 Å². The van der Waals surface area contributed by atoms with Crippen LogP contribution in [0.15, 0.2) is 6.20 Å². The molecule has 0 spiro atoms. The molecule has 0 fully saturated rings. The van der Waals surface area contributed by atoms with E-state index in [1.807, 2.05) is 13.8 Å². The second-order valence-electron chi connectivity index (χ2n) is 3.71. The van der Waals surface area contributed by atoms with Gasteiger partial charge in [0, 0.05) is 24.4 Å². The van der Waals surface area contributed by atoms with E-state index in [0.717, 1.165) is 22.6 Å². The highest BCUT2D eigenvalue weighted by molar-refractivity contribution is 5.40. The summed E-state index contributed by atoms with van der Waals surface area (Å²) in [4.78, 5) is 9.53. The molecule has 5 nitrogen and oxygen atoms in total. The monoisotopic (exact) mass is 240 g/mol. The number of rotatable bonds is 7. The van der Waals surface area contributed by atoms with E-state index < -0.39 is 0 Å². The summed E-state index contributed by atoms with van der Waals surface area (Å²) in [6.07, 6.45) is 1.80. The number of nitrogens with one attached hydrogen (secondary N) is 1. The molecule has 0 aliphatic rings. The molecule has 0 atom stereocenters. The predicted octanol–water partition coefficient (Wildman–Crippen LogP) is 1.37. The molecular weight excluding hydrogens is 220 g/mol. The summed E-state index contributed by atoms with van der Waals surface area (Å²) in [7, 11) is 3.31. The van der Waals surface area contributed by atoms with Crippen LogP contribution in [-0.2, 0) is 16.1 Å². The van der Waals surface area contributed by atoms with Crippen molar-refractivity contribution in [2.24, 2.45) is 0 Å². The van der Waals surface area contributed by atoms with Gasteiger partial charge in [0.1, 0.15) is 5.75 Å². The van der Waals surface area contributed by atoms with Crippen LogP contribution in [0.1, 0.15) is 16.8 Å². The van der Waals surface area contributed by atoms with E-state index in [-0.39, 0.29) is 0 Å². The Labute approximate surface area is 102 Å². The Bertz CT molecular complexity index is 356. The van der Waals surface area contributed by atoms with Gasteiger partial charge in [0.2, 0.25) is 0 Å². The summed E-state index contributed by atoms with van der Waals surface area (Å²) in [6, 6.07) is 0. The standard InChI is InChI=1S/C12H20N2O3/c1-9-7-13-11(10(2)12(9)16-4)8-14-17-6-5-15-3/h7,14H,5-6,8H2,1-4H3.